The van der Waals surface area contributed by atoms with Gasteiger partial charge in [-0.3, -0.25) is 0 Å². The third-order valence-corrected chi connectivity index (χ3v) is 6.81. The molecule has 0 unspecified atom stereocenters. The summed E-state index contributed by atoms with van der Waals surface area (Å²) < 4.78 is 47.6. The molecule has 2 aromatic heterocycles. The monoisotopic (exact) mass is 512 g/mol. The van der Waals surface area contributed by atoms with Gasteiger partial charge in [0.2, 0.25) is 5.95 Å². The van der Waals surface area contributed by atoms with Crippen LogP contribution in [0.1, 0.15) is 29.5 Å². The van der Waals surface area contributed by atoms with E-state index in [4.69, 9.17) is 4.74 Å². The summed E-state index contributed by atoms with van der Waals surface area (Å²) in [7, 11) is 1.62. The zero-order chi connectivity index (χ0) is 26.3. The lowest BCUT2D eigenvalue weighted by Gasteiger charge is -2.26. The number of hydrogen-bond acceptors (Lipinski definition) is 7. The number of halogens is 3. The molecule has 11 heteroatoms. The van der Waals surface area contributed by atoms with Crippen LogP contribution in [0.5, 0.6) is 5.75 Å². The molecule has 0 radical (unpaired) electrons. The number of benzene rings is 2. The molecule has 5 rings (SSSR count). The Labute approximate surface area is 211 Å². The van der Waals surface area contributed by atoms with Crippen LogP contribution in [0.4, 0.5) is 30.8 Å². The summed E-state index contributed by atoms with van der Waals surface area (Å²) in [5.41, 5.74) is 2.32. The Kier molecular flexibility index (Phi) is 6.40. The average molecular weight is 513 g/mol. The second kappa shape index (κ2) is 9.55. The van der Waals surface area contributed by atoms with E-state index in [1.807, 2.05) is 35.4 Å². The molecule has 1 fully saturated rings. The van der Waals surface area contributed by atoms with E-state index in [1.165, 1.54) is 6.07 Å². The molecule has 1 aliphatic rings. The van der Waals surface area contributed by atoms with Crippen molar-refractivity contribution in [2.24, 2.45) is 0 Å². The number of rotatable bonds is 6. The van der Waals surface area contributed by atoms with Crippen LogP contribution in [0, 0.1) is 13.8 Å². The number of aliphatic hydroxyl groups is 1. The molecular formula is C26H27F3N6O2. The van der Waals surface area contributed by atoms with Gasteiger partial charge in [-0.25, -0.2) is 9.97 Å². The van der Waals surface area contributed by atoms with Gasteiger partial charge in [-0.15, -0.1) is 0 Å². The predicted octanol–water partition coefficient (Wildman–Crippen LogP) is 5.16. The number of fused-ring (bicyclic) bond motifs is 1. The fourth-order valence-electron chi connectivity index (χ4n) is 4.68. The second-order valence-corrected chi connectivity index (χ2v) is 9.15. The molecule has 8 nitrogen and oxygen atoms in total. The lowest BCUT2D eigenvalue weighted by Crippen LogP contribution is -2.33. The van der Waals surface area contributed by atoms with E-state index in [1.54, 1.807) is 19.6 Å². The molecule has 1 atom stereocenters. The van der Waals surface area contributed by atoms with Crippen LogP contribution in [0.15, 0.2) is 42.9 Å². The van der Waals surface area contributed by atoms with E-state index in [9.17, 15) is 18.3 Å². The van der Waals surface area contributed by atoms with E-state index in [0.717, 1.165) is 47.5 Å². The minimum Gasteiger partial charge on any atom is -0.496 e. The molecule has 37 heavy (non-hydrogen) atoms. The molecule has 4 aromatic rings. The standard InChI is InChI=1S/C26H27F3N6O2/c1-15-9-19(11-22(37-3)16(15)2)34-12-23(30-14-34)32-25-31-21-10-17(26(27,28)29)6-7-20(21)24(33-25)35-8-4-5-18(35)13-36/h6-7,9-12,14,18,36H,4-5,8,13H2,1-3H3,(H,31,32,33)/t18-/m0/s1. The molecule has 2 N–H and O–H groups in total. The van der Waals surface area contributed by atoms with Crippen LogP contribution in [0.3, 0.4) is 0 Å². The summed E-state index contributed by atoms with van der Waals surface area (Å²) >= 11 is 0. The van der Waals surface area contributed by atoms with Gasteiger partial charge in [0.25, 0.3) is 0 Å². The lowest BCUT2D eigenvalue weighted by molar-refractivity contribution is -0.137. The van der Waals surface area contributed by atoms with E-state index in [0.29, 0.717) is 23.6 Å². The summed E-state index contributed by atoms with van der Waals surface area (Å²) in [6.07, 6.45) is 0.493. The van der Waals surface area contributed by atoms with Gasteiger partial charge in [0, 0.05) is 18.0 Å². The van der Waals surface area contributed by atoms with Gasteiger partial charge in [-0.2, -0.15) is 18.2 Å². The van der Waals surface area contributed by atoms with Gasteiger partial charge in [0.15, 0.2) is 5.82 Å². The van der Waals surface area contributed by atoms with Gasteiger partial charge in [0.05, 0.1) is 42.7 Å². The molecule has 0 amide bonds. The molecule has 0 saturated carbocycles. The van der Waals surface area contributed by atoms with Crippen molar-refractivity contribution in [1.82, 2.24) is 19.5 Å². The van der Waals surface area contributed by atoms with Gasteiger partial charge in [-0.1, -0.05) is 0 Å². The topological polar surface area (TPSA) is 88.3 Å². The summed E-state index contributed by atoms with van der Waals surface area (Å²) in [4.78, 5) is 15.3. The van der Waals surface area contributed by atoms with Crippen LogP contribution in [-0.4, -0.2) is 50.9 Å². The Balaban J connectivity index is 1.54. The van der Waals surface area contributed by atoms with Gasteiger partial charge in [-0.05, 0) is 62.1 Å². The maximum absolute atomic E-state index is 13.4. The van der Waals surface area contributed by atoms with Crippen molar-refractivity contribution in [3.8, 4) is 11.4 Å². The molecule has 0 bridgehead atoms. The number of anilines is 3. The van der Waals surface area contributed by atoms with E-state index >= 15 is 0 Å². The number of hydrogen-bond donors (Lipinski definition) is 2. The Bertz CT molecular complexity index is 1450. The third kappa shape index (κ3) is 4.78. The first kappa shape index (κ1) is 24.8. The van der Waals surface area contributed by atoms with Crippen molar-refractivity contribution in [3.63, 3.8) is 0 Å². The minimum atomic E-state index is -4.50. The number of alkyl halides is 3. The number of aromatic nitrogens is 4. The quantitative estimate of drug-likeness (QED) is 0.369. The normalized spacial score (nSPS) is 16.0. The number of aryl methyl sites for hydroxylation is 1. The Morgan fingerprint density at radius 3 is 2.70 bits per heavy atom. The summed E-state index contributed by atoms with van der Waals surface area (Å²) in [6.45, 7) is 4.55. The summed E-state index contributed by atoms with van der Waals surface area (Å²) in [5.74, 6) is 1.78. The van der Waals surface area contributed by atoms with Crippen molar-refractivity contribution in [3.05, 3.63) is 59.5 Å². The van der Waals surface area contributed by atoms with Crippen molar-refractivity contribution in [2.75, 3.05) is 30.5 Å². The van der Waals surface area contributed by atoms with Crippen molar-refractivity contribution < 1.29 is 23.0 Å². The number of nitrogens with one attached hydrogen (secondary N) is 1. The highest BCUT2D eigenvalue weighted by atomic mass is 19.4. The number of aliphatic hydroxyl groups excluding tert-OH is 1. The van der Waals surface area contributed by atoms with Gasteiger partial charge < -0.3 is 24.6 Å². The first-order valence-electron chi connectivity index (χ1n) is 11.9. The van der Waals surface area contributed by atoms with Gasteiger partial charge in [0.1, 0.15) is 17.9 Å². The maximum Gasteiger partial charge on any atom is 0.416 e. The van der Waals surface area contributed by atoms with Crippen LogP contribution >= 0.6 is 0 Å². The third-order valence-electron chi connectivity index (χ3n) is 6.81. The average Bonchev–Trinajstić information content (AvgIpc) is 3.54. The number of imidazole rings is 1. The van der Waals surface area contributed by atoms with Crippen LogP contribution < -0.4 is 15.0 Å². The van der Waals surface area contributed by atoms with Crippen LogP contribution in [-0.2, 0) is 6.18 Å². The van der Waals surface area contributed by atoms with E-state index in [-0.39, 0.29) is 24.1 Å². The Morgan fingerprint density at radius 1 is 1.16 bits per heavy atom. The highest BCUT2D eigenvalue weighted by Crippen LogP contribution is 2.36. The van der Waals surface area contributed by atoms with E-state index < -0.39 is 11.7 Å². The molecule has 194 valence electrons. The zero-order valence-electron chi connectivity index (χ0n) is 20.7. The van der Waals surface area contributed by atoms with E-state index in [2.05, 4.69) is 20.3 Å². The summed E-state index contributed by atoms with van der Waals surface area (Å²) in [5, 5.41) is 13.4. The van der Waals surface area contributed by atoms with Gasteiger partial charge >= 0.3 is 6.18 Å². The molecule has 2 aromatic carbocycles. The zero-order valence-corrected chi connectivity index (χ0v) is 20.7. The Morgan fingerprint density at radius 2 is 1.97 bits per heavy atom. The smallest absolute Gasteiger partial charge is 0.416 e. The minimum absolute atomic E-state index is 0.0707. The Hall–Kier alpha value is -3.86. The number of methoxy groups -OCH3 is 1. The fourth-order valence-corrected chi connectivity index (χ4v) is 4.68. The molecule has 1 saturated heterocycles. The predicted molar refractivity (Wildman–Crippen MR) is 135 cm³/mol. The lowest BCUT2D eigenvalue weighted by atomic mass is 10.1. The first-order chi connectivity index (χ1) is 17.7. The first-order valence-corrected chi connectivity index (χ1v) is 11.9. The maximum atomic E-state index is 13.4. The molecule has 0 aliphatic carbocycles. The number of ether oxygens (including phenoxy) is 1. The highest BCUT2D eigenvalue weighted by Gasteiger charge is 2.32. The van der Waals surface area contributed by atoms with Crippen LogP contribution in [0.2, 0.25) is 0 Å². The fraction of sp³-hybridized carbons (Fsp3) is 0.346. The molecule has 0 spiro atoms. The second-order valence-electron chi connectivity index (χ2n) is 9.15. The van der Waals surface area contributed by atoms with Crippen molar-refractivity contribution in [1.29, 1.82) is 0 Å². The SMILES string of the molecule is COc1cc(-n2cnc(Nc3nc(N4CCC[C@H]4CO)c4ccc(C(F)(F)F)cc4n3)c2)cc(C)c1C. The molecule has 3 heterocycles. The number of nitrogens with zero attached hydrogens (tertiary/aromatic N) is 5. The largest absolute Gasteiger partial charge is 0.496 e. The van der Waals surface area contributed by atoms with Crippen molar-refractivity contribution in [2.45, 2.75) is 38.9 Å². The molecule has 1 aliphatic heterocycles. The molecular weight excluding hydrogens is 485 g/mol. The highest BCUT2D eigenvalue weighted by molar-refractivity contribution is 5.91. The van der Waals surface area contributed by atoms with Crippen molar-refractivity contribution >= 4 is 28.5 Å². The summed E-state index contributed by atoms with van der Waals surface area (Å²) in [6, 6.07) is 7.20. The van der Waals surface area contributed by atoms with Crippen LogP contribution in [0.25, 0.3) is 16.6 Å².